The van der Waals surface area contributed by atoms with Gasteiger partial charge < -0.3 is 15.8 Å². The van der Waals surface area contributed by atoms with Gasteiger partial charge in [-0.2, -0.15) is 0 Å². The highest BCUT2D eigenvalue weighted by Crippen LogP contribution is 2.28. The van der Waals surface area contributed by atoms with Crippen LogP contribution in [0.15, 0.2) is 5.16 Å². The molecule has 100 valence electrons. The number of hydrogen-bond donors (Lipinski definition) is 2. The lowest BCUT2D eigenvalue weighted by atomic mass is 9.80. The first-order valence-corrected chi connectivity index (χ1v) is 5.96. The van der Waals surface area contributed by atoms with Crippen molar-refractivity contribution in [2.24, 2.45) is 22.2 Å². The summed E-state index contributed by atoms with van der Waals surface area (Å²) in [5.74, 6) is 0.390. The third kappa shape index (κ3) is 5.56. The summed E-state index contributed by atoms with van der Waals surface area (Å²) in [5.41, 5.74) is 5.51. The molecule has 1 amide bonds. The van der Waals surface area contributed by atoms with Crippen LogP contribution in [0.2, 0.25) is 0 Å². The molecule has 17 heavy (non-hydrogen) atoms. The normalized spacial score (nSPS) is 14.5. The molecule has 0 aromatic carbocycles. The second kappa shape index (κ2) is 6.47. The van der Waals surface area contributed by atoms with E-state index in [4.69, 9.17) is 10.9 Å². The maximum absolute atomic E-state index is 12.0. The number of oxime groups is 1. The van der Waals surface area contributed by atoms with E-state index in [2.05, 4.69) is 32.9 Å². The molecule has 0 saturated carbocycles. The molecule has 0 aliphatic rings. The van der Waals surface area contributed by atoms with Crippen molar-refractivity contribution in [3.05, 3.63) is 0 Å². The van der Waals surface area contributed by atoms with Crippen LogP contribution in [0.1, 0.15) is 41.0 Å². The molecular formula is C12H25N3O2. The Labute approximate surface area is 104 Å². The van der Waals surface area contributed by atoms with Gasteiger partial charge in [0.2, 0.25) is 5.91 Å². The summed E-state index contributed by atoms with van der Waals surface area (Å²) in [4.78, 5) is 13.6. The molecule has 0 rings (SSSR count). The van der Waals surface area contributed by atoms with Crippen molar-refractivity contribution in [1.29, 1.82) is 0 Å². The SMILES string of the molecule is CCN(C/C(N)=N/O)C(=O)CC(C)C(C)(C)C. The molecule has 5 nitrogen and oxygen atoms in total. The van der Waals surface area contributed by atoms with Crippen LogP contribution in [0.25, 0.3) is 0 Å². The Hall–Kier alpha value is -1.26. The smallest absolute Gasteiger partial charge is 0.223 e. The van der Waals surface area contributed by atoms with Crippen LogP contribution >= 0.6 is 0 Å². The molecule has 5 heteroatoms. The highest BCUT2D eigenvalue weighted by atomic mass is 16.4. The van der Waals surface area contributed by atoms with Crippen LogP contribution in [0.4, 0.5) is 0 Å². The Balaban J connectivity index is 4.46. The van der Waals surface area contributed by atoms with E-state index >= 15 is 0 Å². The molecule has 0 heterocycles. The molecule has 0 aromatic rings. The minimum Gasteiger partial charge on any atom is -0.409 e. The van der Waals surface area contributed by atoms with E-state index in [1.165, 1.54) is 0 Å². The van der Waals surface area contributed by atoms with Crippen LogP contribution < -0.4 is 5.73 Å². The van der Waals surface area contributed by atoms with Crippen LogP contribution in [-0.2, 0) is 4.79 Å². The summed E-state index contributed by atoms with van der Waals surface area (Å²) >= 11 is 0. The second-order valence-corrected chi connectivity index (χ2v) is 5.47. The maximum Gasteiger partial charge on any atom is 0.223 e. The van der Waals surface area contributed by atoms with E-state index in [0.29, 0.717) is 13.0 Å². The number of carbonyl (C=O) groups is 1. The van der Waals surface area contributed by atoms with Crippen LogP contribution in [0.5, 0.6) is 0 Å². The zero-order valence-corrected chi connectivity index (χ0v) is 11.5. The first-order chi connectivity index (χ1) is 7.72. The van der Waals surface area contributed by atoms with E-state index in [-0.39, 0.29) is 29.6 Å². The molecule has 3 N–H and O–H groups in total. The van der Waals surface area contributed by atoms with Crippen molar-refractivity contribution in [2.45, 2.75) is 41.0 Å². The standard InChI is InChI=1S/C12H25N3O2/c1-6-15(8-10(13)14-17)11(16)7-9(2)12(3,4)5/h9,17H,6-8H2,1-5H3,(H2,13,14). The quantitative estimate of drug-likeness (QED) is 0.333. The molecule has 0 aromatic heterocycles. The van der Waals surface area contributed by atoms with Gasteiger partial charge >= 0.3 is 0 Å². The largest absolute Gasteiger partial charge is 0.409 e. The number of nitrogens with zero attached hydrogens (tertiary/aromatic N) is 2. The lowest BCUT2D eigenvalue weighted by molar-refractivity contribution is -0.132. The summed E-state index contributed by atoms with van der Waals surface area (Å²) in [5, 5.41) is 11.4. The maximum atomic E-state index is 12.0. The molecule has 1 unspecified atom stereocenters. The topological polar surface area (TPSA) is 78.9 Å². The van der Waals surface area contributed by atoms with Gasteiger partial charge in [0, 0.05) is 13.0 Å². The van der Waals surface area contributed by atoms with Crippen molar-refractivity contribution >= 4 is 11.7 Å². The van der Waals surface area contributed by atoms with Gasteiger partial charge in [-0.15, -0.1) is 0 Å². The fraction of sp³-hybridized carbons (Fsp3) is 0.833. The Bertz CT molecular complexity index is 282. The molecule has 0 saturated heterocycles. The van der Waals surface area contributed by atoms with Gasteiger partial charge in [0.05, 0.1) is 6.54 Å². The monoisotopic (exact) mass is 243 g/mol. The summed E-state index contributed by atoms with van der Waals surface area (Å²) in [6.45, 7) is 11.0. The average Bonchev–Trinajstić information content (AvgIpc) is 2.23. The molecule has 0 spiro atoms. The van der Waals surface area contributed by atoms with Gasteiger partial charge in [0.25, 0.3) is 0 Å². The molecule has 1 atom stereocenters. The van der Waals surface area contributed by atoms with Crippen LogP contribution in [0, 0.1) is 11.3 Å². The van der Waals surface area contributed by atoms with Gasteiger partial charge in [-0.25, -0.2) is 0 Å². The number of nitrogens with two attached hydrogens (primary N) is 1. The highest BCUT2D eigenvalue weighted by Gasteiger charge is 2.24. The molecule has 0 fully saturated rings. The Kier molecular flexibility index (Phi) is 5.99. The minimum absolute atomic E-state index is 0.0431. The summed E-state index contributed by atoms with van der Waals surface area (Å²) in [7, 11) is 0. The highest BCUT2D eigenvalue weighted by molar-refractivity contribution is 5.86. The van der Waals surface area contributed by atoms with Gasteiger partial charge in [0.1, 0.15) is 0 Å². The molecule has 0 aliphatic carbocycles. The zero-order chi connectivity index (χ0) is 13.6. The number of carbonyl (C=O) groups excluding carboxylic acids is 1. The molecule has 0 radical (unpaired) electrons. The Morgan fingerprint density at radius 3 is 2.35 bits per heavy atom. The molecule has 0 aliphatic heterocycles. The summed E-state index contributed by atoms with van der Waals surface area (Å²) in [6, 6.07) is 0. The van der Waals surface area contributed by atoms with Crippen molar-refractivity contribution in [1.82, 2.24) is 4.90 Å². The summed E-state index contributed by atoms with van der Waals surface area (Å²) in [6.07, 6.45) is 0.482. The number of likely N-dealkylation sites (N-methyl/N-ethyl adjacent to an activating group) is 1. The van der Waals surface area contributed by atoms with Crippen molar-refractivity contribution in [3.8, 4) is 0 Å². The van der Waals surface area contributed by atoms with E-state index in [1.807, 2.05) is 6.92 Å². The second-order valence-electron chi connectivity index (χ2n) is 5.47. The average molecular weight is 243 g/mol. The minimum atomic E-state index is 0.0431. The molecular weight excluding hydrogens is 218 g/mol. The first-order valence-electron chi connectivity index (χ1n) is 5.96. The van der Waals surface area contributed by atoms with Gasteiger partial charge in [-0.1, -0.05) is 32.9 Å². The third-order valence-electron chi connectivity index (χ3n) is 3.17. The van der Waals surface area contributed by atoms with Crippen molar-refractivity contribution < 1.29 is 10.0 Å². The first kappa shape index (κ1) is 15.7. The number of amides is 1. The van der Waals surface area contributed by atoms with Crippen molar-refractivity contribution in [3.63, 3.8) is 0 Å². The number of amidine groups is 1. The Morgan fingerprint density at radius 1 is 1.47 bits per heavy atom. The Morgan fingerprint density at radius 2 is 2.00 bits per heavy atom. The fourth-order valence-electron chi connectivity index (χ4n) is 1.30. The lowest BCUT2D eigenvalue weighted by Crippen LogP contribution is -2.39. The van der Waals surface area contributed by atoms with Gasteiger partial charge in [0.15, 0.2) is 5.84 Å². The number of hydrogen-bond acceptors (Lipinski definition) is 3. The van der Waals surface area contributed by atoms with Gasteiger partial charge in [-0.3, -0.25) is 4.79 Å². The van der Waals surface area contributed by atoms with Crippen molar-refractivity contribution in [2.75, 3.05) is 13.1 Å². The van der Waals surface area contributed by atoms with Crippen LogP contribution in [-0.4, -0.2) is 34.9 Å². The van der Waals surface area contributed by atoms with E-state index in [9.17, 15) is 4.79 Å². The predicted molar refractivity (Wildman–Crippen MR) is 68.9 cm³/mol. The zero-order valence-electron chi connectivity index (χ0n) is 11.5. The van der Waals surface area contributed by atoms with Crippen LogP contribution in [0.3, 0.4) is 0 Å². The van der Waals surface area contributed by atoms with E-state index in [0.717, 1.165) is 0 Å². The lowest BCUT2D eigenvalue weighted by Gasteiger charge is -2.29. The van der Waals surface area contributed by atoms with E-state index in [1.54, 1.807) is 4.90 Å². The predicted octanol–water partition coefficient (Wildman–Crippen LogP) is 1.65. The van der Waals surface area contributed by atoms with E-state index < -0.39 is 0 Å². The third-order valence-corrected chi connectivity index (χ3v) is 3.17. The number of rotatable bonds is 5. The van der Waals surface area contributed by atoms with Gasteiger partial charge in [-0.05, 0) is 18.3 Å². The molecule has 0 bridgehead atoms. The fourth-order valence-corrected chi connectivity index (χ4v) is 1.30. The summed E-state index contributed by atoms with van der Waals surface area (Å²) < 4.78 is 0.